The Morgan fingerprint density at radius 2 is 2.10 bits per heavy atom. The number of benzene rings is 1. The van der Waals surface area contributed by atoms with E-state index >= 15 is 0 Å². The first-order valence-electron chi connectivity index (χ1n) is 6.41. The molecule has 1 rings (SSSR count). The fraction of sp³-hybridized carbons (Fsp3) is 0.429. The van der Waals surface area contributed by atoms with Crippen LogP contribution in [0.2, 0.25) is 5.02 Å². The van der Waals surface area contributed by atoms with Gasteiger partial charge in [0.2, 0.25) is 0 Å². The maximum Gasteiger partial charge on any atom is 0.319 e. The summed E-state index contributed by atoms with van der Waals surface area (Å²) in [5, 5.41) is 14.4. The number of carbonyl (C=O) groups excluding carboxylic acids is 1. The molecule has 6 heteroatoms. The molecule has 0 bridgehead atoms. The van der Waals surface area contributed by atoms with E-state index in [1.807, 2.05) is 19.9 Å². The lowest BCUT2D eigenvalue weighted by molar-refractivity contribution is -0.137. The topological polar surface area (TPSA) is 78.4 Å². The van der Waals surface area contributed by atoms with Gasteiger partial charge in [0.05, 0.1) is 10.7 Å². The van der Waals surface area contributed by atoms with Gasteiger partial charge in [-0.2, -0.15) is 0 Å². The summed E-state index contributed by atoms with van der Waals surface area (Å²) in [6.45, 7) is 4.22. The van der Waals surface area contributed by atoms with Crippen LogP contribution in [0.25, 0.3) is 0 Å². The van der Waals surface area contributed by atoms with Gasteiger partial charge in [-0.15, -0.1) is 0 Å². The van der Waals surface area contributed by atoms with Crippen molar-refractivity contribution in [2.24, 2.45) is 5.92 Å². The summed E-state index contributed by atoms with van der Waals surface area (Å²) in [7, 11) is 0. The quantitative estimate of drug-likeness (QED) is 0.754. The molecule has 1 aromatic carbocycles. The number of amides is 2. The van der Waals surface area contributed by atoms with Gasteiger partial charge in [-0.3, -0.25) is 4.79 Å². The van der Waals surface area contributed by atoms with Gasteiger partial charge >= 0.3 is 12.0 Å². The molecule has 110 valence electrons. The number of rotatable bonds is 6. The smallest absolute Gasteiger partial charge is 0.319 e. The number of carbonyl (C=O) groups is 2. The number of carboxylic acid groups (broad SMARTS) is 1. The summed E-state index contributed by atoms with van der Waals surface area (Å²) in [6.07, 6.45) is 0.634. The van der Waals surface area contributed by atoms with Gasteiger partial charge in [0.25, 0.3) is 0 Å². The SMILES string of the molecule is Cc1ccc(Cl)c(NC(=O)NCC(C)CCC(=O)O)c1. The monoisotopic (exact) mass is 298 g/mol. The van der Waals surface area contributed by atoms with E-state index in [0.717, 1.165) is 5.56 Å². The van der Waals surface area contributed by atoms with Gasteiger partial charge in [-0.25, -0.2) is 4.79 Å². The molecule has 0 radical (unpaired) electrons. The first-order valence-corrected chi connectivity index (χ1v) is 6.79. The van der Waals surface area contributed by atoms with Crippen LogP contribution in [-0.2, 0) is 4.79 Å². The average molecular weight is 299 g/mol. The van der Waals surface area contributed by atoms with Crippen molar-refractivity contribution in [1.29, 1.82) is 0 Å². The third-order valence-electron chi connectivity index (χ3n) is 2.83. The van der Waals surface area contributed by atoms with E-state index in [1.165, 1.54) is 0 Å². The molecule has 0 aliphatic carbocycles. The minimum Gasteiger partial charge on any atom is -0.481 e. The van der Waals surface area contributed by atoms with Gasteiger partial charge in [-0.1, -0.05) is 24.6 Å². The van der Waals surface area contributed by atoms with E-state index in [1.54, 1.807) is 12.1 Å². The second-order valence-corrected chi connectivity index (χ2v) is 5.26. The van der Waals surface area contributed by atoms with Crippen molar-refractivity contribution < 1.29 is 14.7 Å². The normalized spacial score (nSPS) is 11.8. The molecule has 2 amide bonds. The zero-order valence-electron chi connectivity index (χ0n) is 11.6. The Hall–Kier alpha value is -1.75. The van der Waals surface area contributed by atoms with E-state index in [2.05, 4.69) is 10.6 Å². The third-order valence-corrected chi connectivity index (χ3v) is 3.16. The molecular formula is C14H19ClN2O3. The van der Waals surface area contributed by atoms with Crippen LogP contribution < -0.4 is 10.6 Å². The molecule has 1 aromatic rings. The van der Waals surface area contributed by atoms with Crippen LogP contribution in [0.3, 0.4) is 0 Å². The minimum atomic E-state index is -0.826. The molecule has 0 aliphatic rings. The summed E-state index contributed by atoms with van der Waals surface area (Å²) in [6, 6.07) is 5.02. The highest BCUT2D eigenvalue weighted by atomic mass is 35.5. The number of aryl methyl sites for hydroxylation is 1. The number of urea groups is 1. The highest BCUT2D eigenvalue weighted by molar-refractivity contribution is 6.33. The highest BCUT2D eigenvalue weighted by Crippen LogP contribution is 2.22. The Morgan fingerprint density at radius 1 is 1.40 bits per heavy atom. The van der Waals surface area contributed by atoms with E-state index < -0.39 is 5.97 Å². The van der Waals surface area contributed by atoms with Crippen LogP contribution in [0.15, 0.2) is 18.2 Å². The van der Waals surface area contributed by atoms with Gasteiger partial charge in [0, 0.05) is 13.0 Å². The molecule has 20 heavy (non-hydrogen) atoms. The van der Waals surface area contributed by atoms with Crippen molar-refractivity contribution in [2.75, 3.05) is 11.9 Å². The molecule has 0 spiro atoms. The van der Waals surface area contributed by atoms with E-state index in [0.29, 0.717) is 23.7 Å². The van der Waals surface area contributed by atoms with Crippen LogP contribution in [0.1, 0.15) is 25.3 Å². The van der Waals surface area contributed by atoms with Crippen LogP contribution in [-0.4, -0.2) is 23.7 Å². The summed E-state index contributed by atoms with van der Waals surface area (Å²) < 4.78 is 0. The molecule has 0 aromatic heterocycles. The second-order valence-electron chi connectivity index (χ2n) is 4.86. The van der Waals surface area contributed by atoms with Crippen molar-refractivity contribution in [3.8, 4) is 0 Å². The van der Waals surface area contributed by atoms with Crippen molar-refractivity contribution in [1.82, 2.24) is 5.32 Å². The molecule has 5 nitrogen and oxygen atoms in total. The Kier molecular flexibility index (Phi) is 6.31. The summed E-state index contributed by atoms with van der Waals surface area (Å²) in [5.74, 6) is -0.724. The van der Waals surface area contributed by atoms with Crippen molar-refractivity contribution in [3.63, 3.8) is 0 Å². The summed E-state index contributed by atoms with van der Waals surface area (Å²) in [4.78, 5) is 22.2. The minimum absolute atomic E-state index is 0.102. The number of halogens is 1. The van der Waals surface area contributed by atoms with Crippen molar-refractivity contribution >= 4 is 29.3 Å². The van der Waals surface area contributed by atoms with Crippen LogP contribution in [0.4, 0.5) is 10.5 Å². The Balaban J connectivity index is 2.40. The highest BCUT2D eigenvalue weighted by Gasteiger charge is 2.09. The third kappa shape index (κ3) is 5.93. The van der Waals surface area contributed by atoms with E-state index in [4.69, 9.17) is 16.7 Å². The van der Waals surface area contributed by atoms with Crippen molar-refractivity contribution in [3.05, 3.63) is 28.8 Å². The molecule has 1 atom stereocenters. The number of aliphatic carboxylic acids is 1. The van der Waals surface area contributed by atoms with Gasteiger partial charge in [-0.05, 0) is 37.0 Å². The number of carboxylic acids is 1. The van der Waals surface area contributed by atoms with E-state index in [-0.39, 0.29) is 18.4 Å². The molecule has 0 heterocycles. The first kappa shape index (κ1) is 16.3. The first-order chi connectivity index (χ1) is 9.38. The van der Waals surface area contributed by atoms with Gasteiger partial charge in [0.1, 0.15) is 0 Å². The maximum absolute atomic E-state index is 11.7. The maximum atomic E-state index is 11.7. The molecule has 0 aliphatic heterocycles. The predicted molar refractivity (Wildman–Crippen MR) is 79.2 cm³/mol. The fourth-order valence-electron chi connectivity index (χ4n) is 1.64. The molecule has 0 saturated carbocycles. The number of hydrogen-bond donors (Lipinski definition) is 3. The predicted octanol–water partition coefficient (Wildman–Crippen LogP) is 3.27. The van der Waals surface area contributed by atoms with Crippen LogP contribution >= 0.6 is 11.6 Å². The van der Waals surface area contributed by atoms with Gasteiger partial charge < -0.3 is 15.7 Å². The lowest BCUT2D eigenvalue weighted by Gasteiger charge is -2.13. The zero-order valence-corrected chi connectivity index (χ0v) is 12.3. The molecular weight excluding hydrogens is 280 g/mol. The second kappa shape index (κ2) is 7.75. The zero-order chi connectivity index (χ0) is 15.1. The Morgan fingerprint density at radius 3 is 2.75 bits per heavy atom. The van der Waals surface area contributed by atoms with Gasteiger partial charge in [0.15, 0.2) is 0 Å². The Labute approximate surface area is 123 Å². The van der Waals surface area contributed by atoms with E-state index in [9.17, 15) is 9.59 Å². The molecule has 1 unspecified atom stereocenters. The fourth-order valence-corrected chi connectivity index (χ4v) is 1.81. The standard InChI is InChI=1S/C14H19ClN2O3/c1-9-3-5-11(15)12(7-9)17-14(20)16-8-10(2)4-6-13(18)19/h3,5,7,10H,4,6,8H2,1-2H3,(H,18,19)(H2,16,17,20). The average Bonchev–Trinajstić information content (AvgIpc) is 2.38. The van der Waals surface area contributed by atoms with Crippen LogP contribution in [0.5, 0.6) is 0 Å². The van der Waals surface area contributed by atoms with Crippen molar-refractivity contribution in [2.45, 2.75) is 26.7 Å². The number of hydrogen-bond acceptors (Lipinski definition) is 2. The largest absolute Gasteiger partial charge is 0.481 e. The van der Waals surface area contributed by atoms with Crippen LogP contribution in [0, 0.1) is 12.8 Å². The number of nitrogens with one attached hydrogen (secondary N) is 2. The lowest BCUT2D eigenvalue weighted by atomic mass is 10.1. The molecule has 0 saturated heterocycles. The summed E-state index contributed by atoms with van der Waals surface area (Å²) in [5.41, 5.74) is 1.56. The Bertz CT molecular complexity index is 491. The lowest BCUT2D eigenvalue weighted by Crippen LogP contribution is -2.32. The molecule has 0 fully saturated rings. The molecule has 3 N–H and O–H groups in total. The number of anilines is 1. The summed E-state index contributed by atoms with van der Waals surface area (Å²) >= 11 is 5.98.